The molecule has 1 heterocycles. The van der Waals surface area contributed by atoms with Crippen molar-refractivity contribution in [2.45, 2.75) is 38.1 Å². The maximum atomic E-state index is 13.7. The fourth-order valence-electron chi connectivity index (χ4n) is 3.60. The fourth-order valence-corrected chi connectivity index (χ4v) is 3.60. The van der Waals surface area contributed by atoms with Gasteiger partial charge in [-0.3, -0.25) is 4.79 Å². The second-order valence-corrected chi connectivity index (χ2v) is 6.65. The Morgan fingerprint density at radius 2 is 1.92 bits per heavy atom. The summed E-state index contributed by atoms with van der Waals surface area (Å²) in [6, 6.07) is 2.65. The molecule has 0 aromatic heterocycles. The van der Waals surface area contributed by atoms with Crippen LogP contribution in [0.2, 0.25) is 0 Å². The highest BCUT2D eigenvalue weighted by Crippen LogP contribution is 2.32. The van der Waals surface area contributed by atoms with Crippen LogP contribution in [0.5, 0.6) is 5.75 Å². The molecule has 0 spiro atoms. The summed E-state index contributed by atoms with van der Waals surface area (Å²) in [4.78, 5) is 25.9. The minimum atomic E-state index is -0.854. The molecule has 1 fully saturated rings. The van der Waals surface area contributed by atoms with Gasteiger partial charge in [0.1, 0.15) is 11.8 Å². The van der Waals surface area contributed by atoms with Crippen LogP contribution in [0.25, 0.3) is 0 Å². The topological polar surface area (TPSA) is 55.8 Å². The quantitative estimate of drug-likeness (QED) is 0.727. The second-order valence-electron chi connectivity index (χ2n) is 6.65. The van der Waals surface area contributed by atoms with E-state index in [0.717, 1.165) is 43.9 Å². The van der Waals surface area contributed by atoms with Crippen molar-refractivity contribution in [3.63, 3.8) is 0 Å². The van der Waals surface area contributed by atoms with Crippen molar-refractivity contribution in [2.24, 2.45) is 5.92 Å². The Morgan fingerprint density at radius 3 is 2.54 bits per heavy atom. The number of hydrogen-bond acceptors (Lipinski definition) is 4. The molecule has 0 bridgehead atoms. The molecule has 140 valence electrons. The van der Waals surface area contributed by atoms with Crippen molar-refractivity contribution in [1.82, 2.24) is 4.90 Å². The van der Waals surface area contributed by atoms with Crippen molar-refractivity contribution in [3.05, 3.63) is 41.7 Å². The van der Waals surface area contributed by atoms with Gasteiger partial charge in [-0.25, -0.2) is 13.6 Å². The number of methoxy groups -OCH3 is 1. The number of nitrogens with zero attached hydrogens (tertiary/aromatic N) is 1. The number of carbonyl (C=O) groups is 2. The summed E-state index contributed by atoms with van der Waals surface area (Å²) >= 11 is 0. The third kappa shape index (κ3) is 3.86. The Morgan fingerprint density at radius 1 is 1.27 bits per heavy atom. The number of amides is 1. The number of benzene rings is 1. The van der Waals surface area contributed by atoms with Gasteiger partial charge in [0.2, 0.25) is 0 Å². The number of halogens is 2. The summed E-state index contributed by atoms with van der Waals surface area (Å²) in [5.74, 6) is -2.72. The summed E-state index contributed by atoms with van der Waals surface area (Å²) in [6.45, 7) is -0.0287. The number of para-hydroxylation sites is 1. The van der Waals surface area contributed by atoms with E-state index in [9.17, 15) is 18.4 Å². The molecule has 0 unspecified atom stereocenters. The third-order valence-electron chi connectivity index (χ3n) is 4.93. The molecule has 7 heteroatoms. The lowest BCUT2D eigenvalue weighted by molar-refractivity contribution is -0.151. The number of hydrogen-bond donors (Lipinski definition) is 0. The van der Waals surface area contributed by atoms with Crippen molar-refractivity contribution < 1.29 is 27.8 Å². The highest BCUT2D eigenvalue weighted by molar-refractivity contribution is 5.94. The molecule has 1 amide bonds. The fraction of sp³-hybridized carbons (Fsp3) is 0.474. The van der Waals surface area contributed by atoms with Gasteiger partial charge in [0.15, 0.2) is 17.4 Å². The molecule has 1 aliphatic carbocycles. The normalized spacial score (nSPS) is 18.8. The maximum absolute atomic E-state index is 13.7. The Kier molecular flexibility index (Phi) is 5.54. The Bertz CT molecular complexity index is 708. The lowest BCUT2D eigenvalue weighted by Gasteiger charge is -2.28. The van der Waals surface area contributed by atoms with Gasteiger partial charge in [-0.05, 0) is 24.5 Å². The zero-order chi connectivity index (χ0) is 18.7. The van der Waals surface area contributed by atoms with Gasteiger partial charge < -0.3 is 14.4 Å². The number of carbonyl (C=O) groups excluding carboxylic acids is 2. The van der Waals surface area contributed by atoms with Crippen LogP contribution in [0.3, 0.4) is 0 Å². The van der Waals surface area contributed by atoms with E-state index in [0.29, 0.717) is 12.3 Å². The van der Waals surface area contributed by atoms with Gasteiger partial charge in [-0.2, -0.15) is 0 Å². The van der Waals surface area contributed by atoms with Crippen LogP contribution >= 0.6 is 0 Å². The lowest BCUT2D eigenvalue weighted by Crippen LogP contribution is -2.44. The van der Waals surface area contributed by atoms with E-state index in [2.05, 4.69) is 0 Å². The molecule has 5 nitrogen and oxygen atoms in total. The highest BCUT2D eigenvalue weighted by Gasteiger charge is 2.37. The minimum Gasteiger partial charge on any atom is -0.467 e. The van der Waals surface area contributed by atoms with E-state index in [1.807, 2.05) is 0 Å². The molecule has 0 N–H and O–H groups in total. The third-order valence-corrected chi connectivity index (χ3v) is 4.93. The summed E-state index contributed by atoms with van der Waals surface area (Å²) < 4.78 is 37.6. The maximum Gasteiger partial charge on any atom is 0.328 e. The smallest absolute Gasteiger partial charge is 0.328 e. The number of esters is 1. The van der Waals surface area contributed by atoms with E-state index in [4.69, 9.17) is 9.47 Å². The van der Waals surface area contributed by atoms with Crippen LogP contribution in [0.4, 0.5) is 8.78 Å². The van der Waals surface area contributed by atoms with Crippen LogP contribution in [0.1, 0.15) is 32.1 Å². The van der Waals surface area contributed by atoms with Gasteiger partial charge in [0.05, 0.1) is 13.7 Å². The molecule has 1 aromatic rings. The van der Waals surface area contributed by atoms with Crippen molar-refractivity contribution in [1.29, 1.82) is 0 Å². The standard InChI is InChI=1S/C19H21F2NO4/c1-25-19(24)16(9-12-5-2-3-6-12)22-11-13(10-17(22)23)26-18-14(20)7-4-8-15(18)21/h4,7-8,10,12,16H,2-3,5-6,9,11H2,1H3/t16-/m0/s1. The average molecular weight is 365 g/mol. The Hall–Kier alpha value is -2.44. The van der Waals surface area contributed by atoms with E-state index >= 15 is 0 Å². The SMILES string of the molecule is COC(=O)[C@H](CC1CCCC1)N1CC(Oc2c(F)cccc2F)=CC1=O. The molecular formula is C19H21F2NO4. The molecule has 1 saturated carbocycles. The molecule has 2 aliphatic rings. The van der Waals surface area contributed by atoms with Crippen molar-refractivity contribution in [3.8, 4) is 5.75 Å². The Balaban J connectivity index is 1.73. The molecule has 0 saturated heterocycles. The molecule has 0 radical (unpaired) electrons. The van der Waals surface area contributed by atoms with Gasteiger partial charge in [-0.15, -0.1) is 0 Å². The van der Waals surface area contributed by atoms with Gasteiger partial charge in [-0.1, -0.05) is 31.7 Å². The molecule has 26 heavy (non-hydrogen) atoms. The largest absolute Gasteiger partial charge is 0.467 e. The van der Waals surface area contributed by atoms with Crippen LogP contribution in [-0.4, -0.2) is 36.5 Å². The first kappa shape index (κ1) is 18.4. The van der Waals surface area contributed by atoms with Crippen LogP contribution in [0, 0.1) is 17.6 Å². The van der Waals surface area contributed by atoms with Crippen molar-refractivity contribution >= 4 is 11.9 Å². The van der Waals surface area contributed by atoms with E-state index < -0.39 is 35.3 Å². The monoisotopic (exact) mass is 365 g/mol. The van der Waals surface area contributed by atoms with Crippen molar-refractivity contribution in [2.75, 3.05) is 13.7 Å². The molecule has 3 rings (SSSR count). The summed E-state index contributed by atoms with van der Waals surface area (Å²) in [5.41, 5.74) is 0. The predicted octanol–water partition coefficient (Wildman–Crippen LogP) is 3.19. The first-order valence-corrected chi connectivity index (χ1v) is 8.70. The first-order valence-electron chi connectivity index (χ1n) is 8.70. The minimum absolute atomic E-state index is 0.0287. The van der Waals surface area contributed by atoms with E-state index in [1.54, 1.807) is 0 Å². The van der Waals surface area contributed by atoms with E-state index in [-0.39, 0.29) is 12.3 Å². The molecule has 1 aliphatic heterocycles. The number of ether oxygens (including phenoxy) is 2. The summed E-state index contributed by atoms with van der Waals surface area (Å²) in [5, 5.41) is 0. The van der Waals surface area contributed by atoms with Crippen LogP contribution in [-0.2, 0) is 14.3 Å². The summed E-state index contributed by atoms with van der Waals surface area (Å²) in [6.07, 6.45) is 5.96. The van der Waals surface area contributed by atoms with Gasteiger partial charge in [0, 0.05) is 6.08 Å². The van der Waals surface area contributed by atoms with Gasteiger partial charge in [0.25, 0.3) is 5.91 Å². The lowest BCUT2D eigenvalue weighted by atomic mass is 9.97. The second kappa shape index (κ2) is 7.85. The van der Waals surface area contributed by atoms with Crippen LogP contribution in [0.15, 0.2) is 30.0 Å². The van der Waals surface area contributed by atoms with E-state index in [1.165, 1.54) is 18.1 Å². The predicted molar refractivity (Wildman–Crippen MR) is 89.2 cm³/mol. The molecular weight excluding hydrogens is 344 g/mol. The average Bonchev–Trinajstić information content (AvgIpc) is 3.25. The molecule has 1 atom stereocenters. The van der Waals surface area contributed by atoms with Gasteiger partial charge >= 0.3 is 5.97 Å². The first-order chi connectivity index (χ1) is 12.5. The van der Waals surface area contributed by atoms with Crippen LogP contribution < -0.4 is 4.74 Å². The number of rotatable bonds is 6. The molecule has 1 aromatic carbocycles. The zero-order valence-corrected chi connectivity index (χ0v) is 14.5. The Labute approximate surface area is 150 Å². The summed E-state index contributed by atoms with van der Waals surface area (Å²) in [7, 11) is 1.28. The highest BCUT2D eigenvalue weighted by atomic mass is 19.1. The zero-order valence-electron chi connectivity index (χ0n) is 14.5.